The molecule has 7 heteroatoms. The van der Waals surface area contributed by atoms with Crippen LogP contribution in [-0.4, -0.2) is 41.8 Å². The minimum absolute atomic E-state index is 0.240. The topological polar surface area (TPSA) is 46.6 Å². The van der Waals surface area contributed by atoms with Gasteiger partial charge in [0.15, 0.2) is 0 Å². The largest absolute Gasteiger partial charge is 0.467 e. The van der Waals surface area contributed by atoms with Crippen molar-refractivity contribution in [2.75, 3.05) is 13.7 Å². The molecule has 0 aromatic heterocycles. The zero-order chi connectivity index (χ0) is 14.9. The Morgan fingerprint density at radius 3 is 2.65 bits per heavy atom. The van der Waals surface area contributed by atoms with Gasteiger partial charge >= 0.3 is 5.97 Å². The number of hydrogen-bond acceptors (Lipinski definition) is 3. The zero-order valence-corrected chi connectivity index (χ0v) is 12.9. The van der Waals surface area contributed by atoms with Crippen LogP contribution in [-0.2, 0) is 9.53 Å². The van der Waals surface area contributed by atoms with Crippen molar-refractivity contribution < 1.29 is 14.3 Å². The van der Waals surface area contributed by atoms with E-state index in [0.717, 1.165) is 0 Å². The van der Waals surface area contributed by atoms with E-state index < -0.39 is 12.0 Å². The van der Waals surface area contributed by atoms with Crippen molar-refractivity contribution >= 4 is 46.7 Å². The second-order valence-electron chi connectivity index (χ2n) is 4.45. The van der Waals surface area contributed by atoms with E-state index in [1.54, 1.807) is 6.07 Å². The lowest BCUT2D eigenvalue weighted by atomic mass is 10.1. The average Bonchev–Trinajstić information content (AvgIpc) is 2.79. The van der Waals surface area contributed by atoms with Crippen LogP contribution in [0.5, 0.6) is 0 Å². The second kappa shape index (κ2) is 6.20. The van der Waals surface area contributed by atoms with Crippen molar-refractivity contribution in [3.63, 3.8) is 0 Å². The number of likely N-dealkylation sites (tertiary alicyclic amines) is 1. The number of methoxy groups -OCH3 is 1. The van der Waals surface area contributed by atoms with Gasteiger partial charge in [-0.3, -0.25) is 4.79 Å². The predicted molar refractivity (Wildman–Crippen MR) is 77.6 cm³/mol. The summed E-state index contributed by atoms with van der Waals surface area (Å²) in [7, 11) is 1.28. The fourth-order valence-corrected chi connectivity index (χ4v) is 2.99. The number of benzene rings is 1. The fraction of sp³-hybridized carbons (Fsp3) is 0.385. The number of carbonyl (C=O) groups excluding carboxylic acids is 2. The SMILES string of the molecule is COC(=O)[C@@H]1C[C@@H](Cl)CN1C(=O)c1ccc(Cl)cc1Cl. The van der Waals surface area contributed by atoms with Gasteiger partial charge in [0.2, 0.25) is 0 Å². The van der Waals surface area contributed by atoms with Gasteiger partial charge in [0, 0.05) is 11.6 Å². The third-order valence-electron chi connectivity index (χ3n) is 3.15. The third kappa shape index (κ3) is 3.03. The monoisotopic (exact) mass is 335 g/mol. The number of rotatable bonds is 2. The van der Waals surface area contributed by atoms with E-state index in [2.05, 4.69) is 0 Å². The van der Waals surface area contributed by atoms with Crippen molar-refractivity contribution in [3.8, 4) is 0 Å². The van der Waals surface area contributed by atoms with E-state index in [-0.39, 0.29) is 28.4 Å². The molecule has 0 aliphatic carbocycles. The Bertz CT molecular complexity index is 550. The molecule has 1 aliphatic heterocycles. The van der Waals surface area contributed by atoms with E-state index in [1.165, 1.54) is 24.1 Å². The van der Waals surface area contributed by atoms with Crippen LogP contribution in [0.15, 0.2) is 18.2 Å². The van der Waals surface area contributed by atoms with Crippen molar-refractivity contribution in [1.82, 2.24) is 4.90 Å². The smallest absolute Gasteiger partial charge is 0.328 e. The molecule has 1 fully saturated rings. The number of amides is 1. The minimum atomic E-state index is -0.679. The van der Waals surface area contributed by atoms with Crippen LogP contribution in [0.1, 0.15) is 16.8 Å². The van der Waals surface area contributed by atoms with E-state index in [0.29, 0.717) is 11.4 Å². The molecule has 0 bridgehead atoms. The summed E-state index contributed by atoms with van der Waals surface area (Å²) in [4.78, 5) is 25.6. The lowest BCUT2D eigenvalue weighted by Crippen LogP contribution is -2.41. The average molecular weight is 337 g/mol. The number of alkyl halides is 1. The molecule has 20 heavy (non-hydrogen) atoms. The Balaban J connectivity index is 2.29. The first kappa shape index (κ1) is 15.4. The van der Waals surface area contributed by atoms with Crippen molar-refractivity contribution in [3.05, 3.63) is 33.8 Å². The van der Waals surface area contributed by atoms with E-state index in [9.17, 15) is 9.59 Å². The van der Waals surface area contributed by atoms with E-state index in [1.807, 2.05) is 0 Å². The first-order chi connectivity index (χ1) is 9.43. The molecular formula is C13H12Cl3NO3. The molecular weight excluding hydrogens is 325 g/mol. The molecule has 2 rings (SSSR count). The van der Waals surface area contributed by atoms with Gasteiger partial charge in [0.1, 0.15) is 6.04 Å². The van der Waals surface area contributed by atoms with Crippen molar-refractivity contribution in [1.29, 1.82) is 0 Å². The molecule has 1 saturated heterocycles. The zero-order valence-electron chi connectivity index (χ0n) is 10.6. The van der Waals surface area contributed by atoms with Gasteiger partial charge in [-0.25, -0.2) is 4.79 Å². The number of halogens is 3. The Kier molecular flexibility index (Phi) is 4.78. The normalized spacial score (nSPS) is 21.9. The summed E-state index contributed by atoms with van der Waals surface area (Å²) < 4.78 is 4.70. The lowest BCUT2D eigenvalue weighted by Gasteiger charge is -2.23. The summed E-state index contributed by atoms with van der Waals surface area (Å²) in [6, 6.07) is 3.91. The van der Waals surface area contributed by atoms with Crippen LogP contribution in [0.3, 0.4) is 0 Å². The maximum Gasteiger partial charge on any atom is 0.328 e. The highest BCUT2D eigenvalue weighted by Crippen LogP contribution is 2.28. The minimum Gasteiger partial charge on any atom is -0.467 e. The molecule has 0 unspecified atom stereocenters. The van der Waals surface area contributed by atoms with Crippen molar-refractivity contribution in [2.45, 2.75) is 17.8 Å². The Morgan fingerprint density at radius 1 is 1.35 bits per heavy atom. The predicted octanol–water partition coefficient (Wildman–Crippen LogP) is 2.99. The Hall–Kier alpha value is -0.970. The standard InChI is InChI=1S/C13H12Cl3NO3/c1-20-13(19)11-5-8(15)6-17(11)12(18)9-3-2-7(14)4-10(9)16/h2-4,8,11H,5-6H2,1H3/t8-,11+/m1/s1. The van der Waals surface area contributed by atoms with Gasteiger partial charge in [-0.2, -0.15) is 0 Å². The summed E-state index contributed by atoms with van der Waals surface area (Å²) in [6.07, 6.45) is 0.366. The number of hydrogen-bond donors (Lipinski definition) is 0. The molecule has 0 saturated carbocycles. The van der Waals surface area contributed by atoms with E-state index in [4.69, 9.17) is 39.5 Å². The Morgan fingerprint density at radius 2 is 2.05 bits per heavy atom. The molecule has 0 N–H and O–H groups in total. The van der Waals surface area contributed by atoms with Gasteiger partial charge < -0.3 is 9.64 Å². The van der Waals surface area contributed by atoms with Crippen LogP contribution < -0.4 is 0 Å². The van der Waals surface area contributed by atoms with E-state index >= 15 is 0 Å². The number of esters is 1. The molecule has 4 nitrogen and oxygen atoms in total. The summed E-state index contributed by atoms with van der Waals surface area (Å²) in [5, 5.41) is 0.394. The first-order valence-corrected chi connectivity index (χ1v) is 7.11. The maximum atomic E-state index is 12.5. The molecule has 0 spiro atoms. The van der Waals surface area contributed by atoms with Crippen LogP contribution in [0.25, 0.3) is 0 Å². The summed E-state index contributed by atoms with van der Waals surface area (Å²) in [5.41, 5.74) is 0.288. The fourth-order valence-electron chi connectivity index (χ4n) is 2.19. The first-order valence-electron chi connectivity index (χ1n) is 5.92. The highest BCUT2D eigenvalue weighted by molar-refractivity contribution is 6.36. The molecule has 1 heterocycles. The molecule has 1 aromatic rings. The number of ether oxygens (including phenoxy) is 1. The van der Waals surface area contributed by atoms with Gasteiger partial charge in [-0.1, -0.05) is 23.2 Å². The summed E-state index contributed by atoms with van der Waals surface area (Å²) in [6.45, 7) is 0.277. The quantitative estimate of drug-likeness (QED) is 0.616. The van der Waals surface area contributed by atoms with Crippen LogP contribution >= 0.6 is 34.8 Å². The maximum absolute atomic E-state index is 12.5. The van der Waals surface area contributed by atoms with Crippen molar-refractivity contribution in [2.24, 2.45) is 0 Å². The highest BCUT2D eigenvalue weighted by atomic mass is 35.5. The second-order valence-corrected chi connectivity index (χ2v) is 5.91. The van der Waals surface area contributed by atoms with Gasteiger partial charge in [0.05, 0.1) is 23.1 Å². The van der Waals surface area contributed by atoms with Gasteiger partial charge in [-0.15, -0.1) is 11.6 Å². The summed E-state index contributed by atoms with van der Waals surface area (Å²) >= 11 is 17.9. The highest BCUT2D eigenvalue weighted by Gasteiger charge is 2.40. The summed E-state index contributed by atoms with van der Waals surface area (Å²) in [5.74, 6) is -0.836. The molecule has 108 valence electrons. The molecule has 1 aliphatic rings. The molecule has 1 aromatic carbocycles. The molecule has 1 amide bonds. The molecule has 2 atom stereocenters. The van der Waals surface area contributed by atoms with Crippen LogP contribution in [0.2, 0.25) is 10.0 Å². The van der Waals surface area contributed by atoms with Crippen LogP contribution in [0, 0.1) is 0 Å². The third-order valence-corrected chi connectivity index (χ3v) is 4.01. The van der Waals surface area contributed by atoms with Gasteiger partial charge in [0.25, 0.3) is 5.91 Å². The van der Waals surface area contributed by atoms with Gasteiger partial charge in [-0.05, 0) is 24.6 Å². The van der Waals surface area contributed by atoms with Crippen LogP contribution in [0.4, 0.5) is 0 Å². The molecule has 0 radical (unpaired) electrons. The lowest BCUT2D eigenvalue weighted by molar-refractivity contribution is -0.145. The number of carbonyl (C=O) groups is 2. The Labute approximate surface area is 131 Å². The number of nitrogens with zero attached hydrogens (tertiary/aromatic N) is 1.